The van der Waals surface area contributed by atoms with E-state index >= 15 is 0 Å². The van der Waals surface area contributed by atoms with E-state index in [1.165, 1.54) is 16.5 Å². The van der Waals surface area contributed by atoms with Gasteiger partial charge in [-0.1, -0.05) is 12.1 Å². The van der Waals surface area contributed by atoms with Crippen LogP contribution in [0.5, 0.6) is 0 Å². The zero-order chi connectivity index (χ0) is 20.5. The van der Waals surface area contributed by atoms with Gasteiger partial charge in [0.05, 0.1) is 5.39 Å². The number of amides is 1. The van der Waals surface area contributed by atoms with E-state index < -0.39 is 6.04 Å². The van der Waals surface area contributed by atoms with Gasteiger partial charge in [0.15, 0.2) is 10.6 Å². The number of anilines is 1. The van der Waals surface area contributed by atoms with Crippen molar-refractivity contribution >= 4 is 38.9 Å². The van der Waals surface area contributed by atoms with E-state index in [1.807, 2.05) is 6.92 Å². The maximum Gasteiger partial charge on any atom is 0.279 e. The Kier molecular flexibility index (Phi) is 5.27. The molecule has 1 atom stereocenters. The van der Waals surface area contributed by atoms with Gasteiger partial charge < -0.3 is 5.32 Å². The molecule has 0 fully saturated rings. The van der Waals surface area contributed by atoms with Crippen LogP contribution in [0.1, 0.15) is 60.0 Å². The number of fused-ring (bicyclic) bond motifs is 3. The fourth-order valence-corrected chi connectivity index (χ4v) is 4.97. The van der Waals surface area contributed by atoms with Crippen molar-refractivity contribution in [3.05, 3.63) is 50.6 Å². The largest absolute Gasteiger partial charge is 0.324 e. The minimum absolute atomic E-state index is 0.0384. The number of hydrogen-bond donors (Lipinski definition) is 1. The van der Waals surface area contributed by atoms with E-state index in [4.69, 9.17) is 0 Å². The number of hydrogen-bond acceptors (Lipinski definition) is 6. The van der Waals surface area contributed by atoms with Gasteiger partial charge >= 0.3 is 0 Å². The zero-order valence-corrected chi connectivity index (χ0v) is 17.2. The average Bonchev–Trinajstić information content (AvgIpc) is 3.10. The average molecular weight is 410 g/mol. The first-order valence-corrected chi connectivity index (χ1v) is 10.6. The first kappa shape index (κ1) is 19.4. The molecular weight excluding hydrogens is 388 g/mol. The number of benzene rings is 1. The minimum atomic E-state index is -0.758. The van der Waals surface area contributed by atoms with Crippen LogP contribution in [0.25, 0.3) is 10.2 Å². The molecule has 1 aliphatic carbocycles. The van der Waals surface area contributed by atoms with Gasteiger partial charge in [-0.25, -0.2) is 0 Å². The van der Waals surface area contributed by atoms with Gasteiger partial charge in [0.1, 0.15) is 6.04 Å². The highest BCUT2D eigenvalue weighted by Gasteiger charge is 2.26. The SMILES string of the molecule is CCC(C(=O)Nc1ccc(C(C)=O)cc1)n1nnc2sc3c(c2c1=O)CCCC3. The Balaban J connectivity index is 1.65. The lowest BCUT2D eigenvalue weighted by Crippen LogP contribution is -2.35. The van der Waals surface area contributed by atoms with Crippen LogP contribution < -0.4 is 10.9 Å². The standard InChI is InChI=1S/C21H22N4O3S/c1-3-16(19(27)22-14-10-8-13(9-11-14)12(2)26)25-21(28)18-15-6-4-5-7-17(15)29-20(18)23-24-25/h8-11,16H,3-7H2,1-2H3,(H,22,27). The summed E-state index contributed by atoms with van der Waals surface area (Å²) in [5.41, 5.74) is 1.97. The summed E-state index contributed by atoms with van der Waals surface area (Å²) in [6, 6.07) is 5.91. The van der Waals surface area contributed by atoms with Gasteiger partial charge in [-0.15, -0.1) is 16.4 Å². The Labute approximate surface area is 171 Å². The third-order valence-corrected chi connectivity index (χ3v) is 6.53. The topological polar surface area (TPSA) is 93.9 Å². The zero-order valence-electron chi connectivity index (χ0n) is 16.4. The van der Waals surface area contributed by atoms with Crippen LogP contribution in [0.4, 0.5) is 5.69 Å². The van der Waals surface area contributed by atoms with Crippen molar-refractivity contribution in [2.24, 2.45) is 0 Å². The van der Waals surface area contributed by atoms with Crippen LogP contribution in [-0.4, -0.2) is 26.7 Å². The lowest BCUT2D eigenvalue weighted by molar-refractivity contribution is -0.119. The predicted octanol–water partition coefficient (Wildman–Crippen LogP) is 3.52. The highest BCUT2D eigenvalue weighted by atomic mass is 32.1. The number of ketones is 1. The third-order valence-electron chi connectivity index (χ3n) is 5.35. The maximum absolute atomic E-state index is 13.2. The lowest BCUT2D eigenvalue weighted by atomic mass is 9.97. The molecule has 1 amide bonds. The molecule has 0 saturated heterocycles. The van der Waals surface area contributed by atoms with E-state index in [0.717, 1.165) is 31.2 Å². The molecule has 4 rings (SSSR count). The number of aromatic nitrogens is 3. The summed E-state index contributed by atoms with van der Waals surface area (Å²) in [5, 5.41) is 11.8. The molecule has 0 saturated carbocycles. The summed E-state index contributed by atoms with van der Waals surface area (Å²) in [6.45, 7) is 3.33. The molecule has 1 N–H and O–H groups in total. The fraction of sp³-hybridized carbons (Fsp3) is 0.381. The molecule has 1 aromatic carbocycles. The van der Waals surface area contributed by atoms with Crippen molar-refractivity contribution in [3.63, 3.8) is 0 Å². The Morgan fingerprint density at radius 1 is 1.21 bits per heavy atom. The first-order chi connectivity index (χ1) is 14.0. The van der Waals surface area contributed by atoms with Crippen molar-refractivity contribution in [1.29, 1.82) is 0 Å². The van der Waals surface area contributed by atoms with Crippen molar-refractivity contribution in [2.45, 2.75) is 52.0 Å². The molecule has 0 bridgehead atoms. The second kappa shape index (κ2) is 7.87. The number of carbonyl (C=O) groups excluding carboxylic acids is 2. The summed E-state index contributed by atoms with van der Waals surface area (Å²) in [4.78, 5) is 39.3. The van der Waals surface area contributed by atoms with Gasteiger partial charge in [-0.05, 0) is 68.9 Å². The second-order valence-corrected chi connectivity index (χ2v) is 8.36. The maximum atomic E-state index is 13.2. The molecule has 3 aromatic rings. The molecule has 2 heterocycles. The molecular formula is C21H22N4O3S. The minimum Gasteiger partial charge on any atom is -0.324 e. The van der Waals surface area contributed by atoms with Gasteiger partial charge in [-0.3, -0.25) is 14.4 Å². The van der Waals surface area contributed by atoms with Crippen molar-refractivity contribution in [1.82, 2.24) is 15.0 Å². The van der Waals surface area contributed by atoms with Gasteiger partial charge in [0.2, 0.25) is 5.91 Å². The molecule has 0 radical (unpaired) electrons. The van der Waals surface area contributed by atoms with Crippen LogP contribution >= 0.6 is 11.3 Å². The van der Waals surface area contributed by atoms with Crippen molar-refractivity contribution < 1.29 is 9.59 Å². The van der Waals surface area contributed by atoms with Crippen LogP contribution in [0.2, 0.25) is 0 Å². The number of nitrogens with one attached hydrogen (secondary N) is 1. The van der Waals surface area contributed by atoms with Gasteiger partial charge in [0.25, 0.3) is 5.56 Å². The Hall–Kier alpha value is -2.87. The number of thiophene rings is 1. The highest BCUT2D eigenvalue weighted by Crippen LogP contribution is 2.33. The first-order valence-electron chi connectivity index (χ1n) is 9.81. The van der Waals surface area contributed by atoms with Gasteiger partial charge in [-0.2, -0.15) is 4.68 Å². The number of nitrogens with zero attached hydrogens (tertiary/aromatic N) is 3. The number of aryl methyl sites for hydroxylation is 2. The number of carbonyl (C=O) groups is 2. The quantitative estimate of drug-likeness (QED) is 0.650. The van der Waals surface area contributed by atoms with Crippen molar-refractivity contribution in [2.75, 3.05) is 5.32 Å². The summed E-state index contributed by atoms with van der Waals surface area (Å²) in [6.07, 6.45) is 4.45. The number of Topliss-reactive ketones (excluding diaryl/α,β-unsaturated/α-hetero) is 1. The normalized spacial score (nSPS) is 14.4. The second-order valence-electron chi connectivity index (χ2n) is 7.28. The molecule has 29 heavy (non-hydrogen) atoms. The van der Waals surface area contributed by atoms with Crippen LogP contribution in [-0.2, 0) is 17.6 Å². The third kappa shape index (κ3) is 3.60. The molecule has 1 aliphatic rings. The van der Waals surface area contributed by atoms with E-state index in [0.29, 0.717) is 27.9 Å². The molecule has 7 nitrogen and oxygen atoms in total. The van der Waals surface area contributed by atoms with E-state index in [9.17, 15) is 14.4 Å². The molecule has 0 aliphatic heterocycles. The monoisotopic (exact) mass is 410 g/mol. The molecule has 2 aromatic heterocycles. The highest BCUT2D eigenvalue weighted by molar-refractivity contribution is 7.18. The van der Waals surface area contributed by atoms with Crippen LogP contribution in [0, 0.1) is 0 Å². The molecule has 0 spiro atoms. The van der Waals surface area contributed by atoms with E-state index in [2.05, 4.69) is 15.6 Å². The molecule has 150 valence electrons. The molecule has 8 heteroatoms. The Morgan fingerprint density at radius 3 is 2.62 bits per heavy atom. The van der Waals surface area contributed by atoms with E-state index in [1.54, 1.807) is 35.6 Å². The number of rotatable bonds is 5. The van der Waals surface area contributed by atoms with E-state index in [-0.39, 0.29) is 17.2 Å². The summed E-state index contributed by atoms with van der Waals surface area (Å²) >= 11 is 1.54. The lowest BCUT2D eigenvalue weighted by Gasteiger charge is -2.16. The van der Waals surface area contributed by atoms with Crippen molar-refractivity contribution in [3.8, 4) is 0 Å². The smallest absolute Gasteiger partial charge is 0.279 e. The summed E-state index contributed by atoms with van der Waals surface area (Å²) < 4.78 is 1.21. The Bertz CT molecular complexity index is 1150. The van der Waals surface area contributed by atoms with Crippen LogP contribution in [0.15, 0.2) is 29.1 Å². The Morgan fingerprint density at radius 2 is 1.93 bits per heavy atom. The van der Waals surface area contributed by atoms with Crippen LogP contribution in [0.3, 0.4) is 0 Å². The predicted molar refractivity (Wildman–Crippen MR) is 113 cm³/mol. The summed E-state index contributed by atoms with van der Waals surface area (Å²) in [5.74, 6) is -0.369. The summed E-state index contributed by atoms with van der Waals surface area (Å²) in [7, 11) is 0. The molecule has 1 unspecified atom stereocenters. The fourth-order valence-electron chi connectivity index (χ4n) is 3.77. The van der Waals surface area contributed by atoms with Gasteiger partial charge in [0, 0.05) is 16.1 Å².